The molecule has 0 aliphatic rings. The van der Waals surface area contributed by atoms with Gasteiger partial charge in [0, 0.05) is 23.8 Å². The Hall–Kier alpha value is -3.18. The molecule has 0 spiro atoms. The Bertz CT molecular complexity index is 1270. The molecule has 0 bridgehead atoms. The zero-order valence-corrected chi connectivity index (χ0v) is 17.7. The summed E-state index contributed by atoms with van der Waals surface area (Å²) >= 11 is 0. The molecule has 0 aliphatic carbocycles. The van der Waals surface area contributed by atoms with Gasteiger partial charge in [-0.3, -0.25) is 18.7 Å². The van der Waals surface area contributed by atoms with Gasteiger partial charge in [-0.25, -0.2) is 8.78 Å². The maximum atomic E-state index is 14.5. The van der Waals surface area contributed by atoms with Gasteiger partial charge in [-0.1, -0.05) is 18.2 Å². The molecule has 2 aromatic carbocycles. The molecule has 0 saturated heterocycles. The molecule has 2 heterocycles. The number of nitrogens with zero attached hydrogens (tertiary/aromatic N) is 2. The molecule has 0 atom stereocenters. The van der Waals surface area contributed by atoms with Crippen LogP contribution in [0.2, 0.25) is 0 Å². The monoisotopic (exact) mass is 601 g/mol. The average Bonchev–Trinajstić information content (AvgIpc) is 2.74. The zero-order valence-electron chi connectivity index (χ0n) is 15.4. The first-order valence-electron chi connectivity index (χ1n) is 8.65. The molecule has 0 aliphatic heterocycles. The molecule has 156 valence electrons. The molecular formula is C23H10F4N2OPt. The summed E-state index contributed by atoms with van der Waals surface area (Å²) in [5.74, 6) is -5.66. The van der Waals surface area contributed by atoms with Crippen molar-refractivity contribution in [2.45, 2.75) is 0 Å². The minimum atomic E-state index is -1.26. The van der Waals surface area contributed by atoms with Crippen molar-refractivity contribution in [1.29, 1.82) is 0 Å². The van der Waals surface area contributed by atoms with Crippen molar-refractivity contribution in [2.75, 3.05) is 0 Å². The Morgan fingerprint density at radius 1 is 0.806 bits per heavy atom. The second kappa shape index (κ2) is 9.31. The Labute approximate surface area is 189 Å². The molecule has 0 unspecified atom stereocenters. The summed E-state index contributed by atoms with van der Waals surface area (Å²) in [5.41, 5.74) is -0.436. The first-order valence-corrected chi connectivity index (χ1v) is 8.65. The van der Waals surface area contributed by atoms with E-state index >= 15 is 0 Å². The molecule has 0 amide bonds. The SMILES string of the molecule is O=C(c1[c-]c(-c2[c-]c(-c3ccccn3)ccc2)c(F)cc1F)c1ncc(F)cc1F.[Pt+2]. The zero-order chi connectivity index (χ0) is 21.3. The van der Waals surface area contributed by atoms with Gasteiger partial charge in [0.1, 0.15) is 23.1 Å². The van der Waals surface area contributed by atoms with Gasteiger partial charge in [0.25, 0.3) is 0 Å². The number of carbonyl (C=O) groups excluding carboxylic acids is 1. The molecule has 31 heavy (non-hydrogen) atoms. The molecular weight excluding hydrogens is 591 g/mol. The number of hydrogen-bond donors (Lipinski definition) is 0. The molecule has 0 N–H and O–H groups in total. The summed E-state index contributed by atoms with van der Waals surface area (Å²) in [6, 6.07) is 16.3. The van der Waals surface area contributed by atoms with Crippen LogP contribution in [0.25, 0.3) is 22.4 Å². The van der Waals surface area contributed by atoms with Crippen LogP contribution in [0.5, 0.6) is 0 Å². The molecule has 4 rings (SSSR count). The van der Waals surface area contributed by atoms with E-state index in [-0.39, 0.29) is 32.2 Å². The average molecular weight is 601 g/mol. The van der Waals surface area contributed by atoms with Crippen molar-refractivity contribution >= 4 is 5.78 Å². The molecule has 2 aromatic heterocycles. The summed E-state index contributed by atoms with van der Waals surface area (Å²) in [7, 11) is 0. The van der Waals surface area contributed by atoms with Crippen molar-refractivity contribution in [3.63, 3.8) is 0 Å². The third kappa shape index (κ3) is 4.62. The molecule has 0 saturated carbocycles. The van der Waals surface area contributed by atoms with E-state index in [1.807, 2.05) is 0 Å². The van der Waals surface area contributed by atoms with Gasteiger partial charge in [-0.15, -0.1) is 29.3 Å². The number of rotatable bonds is 4. The van der Waals surface area contributed by atoms with Crippen LogP contribution in [0.15, 0.2) is 60.9 Å². The van der Waals surface area contributed by atoms with Gasteiger partial charge in [-0.2, -0.15) is 17.7 Å². The number of hydrogen-bond acceptors (Lipinski definition) is 3. The Morgan fingerprint density at radius 3 is 2.29 bits per heavy atom. The molecule has 8 heteroatoms. The van der Waals surface area contributed by atoms with Crippen LogP contribution in [0.1, 0.15) is 16.1 Å². The number of ketones is 1. The topological polar surface area (TPSA) is 42.9 Å². The van der Waals surface area contributed by atoms with Crippen LogP contribution < -0.4 is 0 Å². The number of aromatic nitrogens is 2. The largest absolute Gasteiger partial charge is 2.00 e. The van der Waals surface area contributed by atoms with Crippen molar-refractivity contribution in [3.05, 3.63) is 108 Å². The van der Waals surface area contributed by atoms with Crippen molar-refractivity contribution in [2.24, 2.45) is 0 Å². The Morgan fingerprint density at radius 2 is 1.58 bits per heavy atom. The quantitative estimate of drug-likeness (QED) is 0.184. The van der Waals surface area contributed by atoms with Gasteiger partial charge < -0.3 is 4.79 Å². The standard InChI is InChI=1S/C23H10F4N2O.Pt/c24-15-9-20(27)22(29-12-15)23(30)17-10-16(18(25)11-19(17)26)13-4-3-5-14(8-13)21-6-1-2-7-28-21;/h1-7,9,11-12H;/q-2;+2. The van der Waals surface area contributed by atoms with Crippen molar-refractivity contribution in [3.8, 4) is 22.4 Å². The maximum absolute atomic E-state index is 14.5. The number of carbonyl (C=O) groups is 1. The first-order chi connectivity index (χ1) is 14.4. The fourth-order valence-electron chi connectivity index (χ4n) is 2.85. The fraction of sp³-hybridized carbons (Fsp3) is 0. The fourth-order valence-corrected chi connectivity index (χ4v) is 2.85. The van der Waals surface area contributed by atoms with Crippen molar-refractivity contribution in [1.82, 2.24) is 9.97 Å². The van der Waals surface area contributed by atoms with Crippen LogP contribution in [-0.4, -0.2) is 15.8 Å². The third-order valence-corrected chi connectivity index (χ3v) is 4.24. The molecule has 0 fully saturated rings. The summed E-state index contributed by atoms with van der Waals surface area (Å²) in [5, 5.41) is 0. The first kappa shape index (κ1) is 22.5. The van der Waals surface area contributed by atoms with Gasteiger partial charge in [0.2, 0.25) is 0 Å². The second-order valence-corrected chi connectivity index (χ2v) is 6.22. The Balaban J connectivity index is 0.00000272. The third-order valence-electron chi connectivity index (χ3n) is 4.24. The van der Waals surface area contributed by atoms with E-state index in [0.717, 1.165) is 0 Å². The predicted octanol–water partition coefficient (Wildman–Crippen LogP) is 5.20. The van der Waals surface area contributed by atoms with E-state index < -0.39 is 40.3 Å². The number of benzene rings is 2. The van der Waals surface area contributed by atoms with Crippen LogP contribution in [-0.2, 0) is 21.1 Å². The van der Waals surface area contributed by atoms with Gasteiger partial charge in [0.05, 0.1) is 12.0 Å². The Kier molecular flexibility index (Phi) is 6.76. The van der Waals surface area contributed by atoms with E-state index in [9.17, 15) is 22.4 Å². The van der Waals surface area contributed by atoms with Gasteiger partial charge in [0.15, 0.2) is 0 Å². The van der Waals surface area contributed by atoms with Crippen LogP contribution in [0, 0.1) is 35.4 Å². The van der Waals surface area contributed by atoms with E-state index in [0.29, 0.717) is 29.6 Å². The van der Waals surface area contributed by atoms with E-state index in [1.54, 1.807) is 36.5 Å². The van der Waals surface area contributed by atoms with E-state index in [4.69, 9.17) is 0 Å². The van der Waals surface area contributed by atoms with Crippen LogP contribution >= 0.6 is 0 Å². The van der Waals surface area contributed by atoms with Gasteiger partial charge >= 0.3 is 21.1 Å². The summed E-state index contributed by atoms with van der Waals surface area (Å²) in [6.45, 7) is 0. The van der Waals surface area contributed by atoms with E-state index in [1.165, 1.54) is 6.07 Å². The summed E-state index contributed by atoms with van der Waals surface area (Å²) in [6.07, 6.45) is 2.21. The smallest absolute Gasteiger partial charge is 0.333 e. The maximum Gasteiger partial charge on any atom is 2.00 e. The van der Waals surface area contributed by atoms with Gasteiger partial charge in [-0.05, 0) is 11.6 Å². The van der Waals surface area contributed by atoms with Crippen LogP contribution in [0.4, 0.5) is 17.6 Å². The predicted molar refractivity (Wildman–Crippen MR) is 100 cm³/mol. The number of pyridine rings is 2. The van der Waals surface area contributed by atoms with Crippen LogP contribution in [0.3, 0.4) is 0 Å². The second-order valence-electron chi connectivity index (χ2n) is 6.22. The van der Waals surface area contributed by atoms with Crippen molar-refractivity contribution < 1.29 is 43.4 Å². The molecule has 3 nitrogen and oxygen atoms in total. The molecule has 4 aromatic rings. The summed E-state index contributed by atoms with van der Waals surface area (Å²) in [4.78, 5) is 20.1. The normalized spacial score (nSPS) is 10.5. The van der Waals surface area contributed by atoms with E-state index in [2.05, 4.69) is 22.1 Å². The minimum Gasteiger partial charge on any atom is -0.333 e. The molecule has 0 radical (unpaired) electrons. The summed E-state index contributed by atoms with van der Waals surface area (Å²) < 4.78 is 55.8. The number of halogens is 4. The minimum absolute atomic E-state index is 0.